The fraction of sp³-hybridized carbons (Fsp3) is 1.00. The lowest BCUT2D eigenvalue weighted by Gasteiger charge is -1.99. The molecule has 0 bridgehead atoms. The van der Waals surface area contributed by atoms with E-state index in [0.29, 0.717) is 0 Å². The number of unbranched alkanes of at least 4 members (excludes halogenated alkanes) is 8. The Morgan fingerprint density at radius 2 is 0.325 bits per heavy atom. The lowest BCUT2D eigenvalue weighted by atomic mass is 10.3. The van der Waals surface area contributed by atoms with Crippen molar-refractivity contribution in [2.75, 3.05) is 52.4 Å². The van der Waals surface area contributed by atoms with E-state index in [-0.39, 0.29) is 18.8 Å². The van der Waals surface area contributed by atoms with Crippen molar-refractivity contribution in [2.45, 2.75) is 158 Å². The van der Waals surface area contributed by atoms with Crippen LogP contribution in [-0.4, -0.2) is 52.4 Å². The van der Waals surface area contributed by atoms with Crippen molar-refractivity contribution in [3.05, 3.63) is 0 Å². The van der Waals surface area contributed by atoms with Gasteiger partial charge in [-0.1, -0.05) is 107 Å². The second-order valence-corrected chi connectivity index (χ2v) is 9.83. The minimum atomic E-state index is 0. The van der Waals surface area contributed by atoms with Crippen LogP contribution in [0.1, 0.15) is 158 Å². The van der Waals surface area contributed by atoms with Crippen molar-refractivity contribution >= 4 is 0 Å². The molecule has 0 saturated heterocycles. The lowest BCUT2D eigenvalue weighted by molar-refractivity contribution is 0.611. The molecule has 0 aromatic rings. The molecule has 0 saturated carbocycles. The molecule has 0 aliphatic carbocycles. The van der Waals surface area contributed by atoms with E-state index in [1.165, 1.54) is 155 Å². The van der Waals surface area contributed by atoms with Crippen molar-refractivity contribution in [2.24, 2.45) is 0 Å². The van der Waals surface area contributed by atoms with Gasteiger partial charge in [0.1, 0.15) is 0 Å². The van der Waals surface area contributed by atoms with Gasteiger partial charge in [0.2, 0.25) is 0 Å². The summed E-state index contributed by atoms with van der Waals surface area (Å²) in [6.45, 7) is 27.4. The first-order chi connectivity index (χ1) is 17.7. The van der Waals surface area contributed by atoms with E-state index in [2.05, 4.69) is 76.7 Å². The molecule has 4 N–H and O–H groups in total. The van der Waals surface area contributed by atoms with Crippen molar-refractivity contribution in [1.29, 1.82) is 0 Å². The predicted molar refractivity (Wildman–Crippen MR) is 181 cm³/mol. The molecule has 0 aliphatic rings. The van der Waals surface area contributed by atoms with Crippen LogP contribution in [0.4, 0.5) is 18.8 Å². The first-order valence-electron chi connectivity index (χ1n) is 16.5. The van der Waals surface area contributed by atoms with Crippen LogP contribution in [0.3, 0.4) is 0 Å². The summed E-state index contributed by atoms with van der Waals surface area (Å²) in [5, 5.41) is 13.5. The van der Waals surface area contributed by atoms with Crippen LogP contribution >= 0.6 is 0 Å². The molecular formula is C32H80F4N4. The van der Waals surface area contributed by atoms with Gasteiger partial charge in [0, 0.05) is 0 Å². The van der Waals surface area contributed by atoms with E-state index in [4.69, 9.17) is 0 Å². The van der Waals surface area contributed by atoms with Gasteiger partial charge in [0.05, 0.1) is 0 Å². The van der Waals surface area contributed by atoms with E-state index in [0.717, 1.165) is 0 Å². The minimum Gasteiger partial charge on any atom is -0.317 e. The van der Waals surface area contributed by atoms with Gasteiger partial charge in [0.15, 0.2) is 0 Å². The van der Waals surface area contributed by atoms with Crippen LogP contribution in [0.15, 0.2) is 0 Å². The number of rotatable bonds is 24. The zero-order valence-electron chi connectivity index (χ0n) is 28.6. The lowest BCUT2D eigenvalue weighted by Crippen LogP contribution is -2.15. The second kappa shape index (κ2) is 71.6. The normalized spacial score (nSPS) is 9.00. The highest BCUT2D eigenvalue weighted by Gasteiger charge is 1.85. The van der Waals surface area contributed by atoms with Crippen LogP contribution < -0.4 is 21.3 Å². The average molecular weight is 597 g/mol. The third kappa shape index (κ3) is 90.4. The largest absolute Gasteiger partial charge is 0.317 e. The SMILES string of the molecule is CCCCNCCCC.CCCCNCCCC.CCCCNCCCC.CCCCNCCCC.F.F.F.F. The number of nitrogens with one attached hydrogen (secondary N) is 4. The first kappa shape index (κ1) is 59.1. The highest BCUT2D eigenvalue weighted by atomic mass is 19.0. The fourth-order valence-corrected chi connectivity index (χ4v) is 2.91. The van der Waals surface area contributed by atoms with Crippen molar-refractivity contribution in [1.82, 2.24) is 21.3 Å². The predicted octanol–water partition coefficient (Wildman–Crippen LogP) is 9.31. The summed E-state index contributed by atoms with van der Waals surface area (Å²) in [7, 11) is 0. The van der Waals surface area contributed by atoms with Gasteiger partial charge < -0.3 is 21.3 Å². The monoisotopic (exact) mass is 597 g/mol. The highest BCUT2D eigenvalue weighted by Crippen LogP contribution is 1.87. The molecule has 40 heavy (non-hydrogen) atoms. The minimum absolute atomic E-state index is 0. The maximum Gasteiger partial charge on any atom is -0.00490 e. The Balaban J connectivity index is -0.0000000551. The topological polar surface area (TPSA) is 48.1 Å². The number of hydrogen-bond acceptors (Lipinski definition) is 4. The van der Waals surface area contributed by atoms with E-state index in [1.807, 2.05) is 0 Å². The summed E-state index contributed by atoms with van der Waals surface area (Å²) >= 11 is 0. The highest BCUT2D eigenvalue weighted by molar-refractivity contribution is 4.47. The molecule has 0 aromatic heterocycles. The third-order valence-corrected chi connectivity index (χ3v) is 5.66. The molecule has 256 valence electrons. The van der Waals surface area contributed by atoms with Gasteiger partial charge in [0.25, 0.3) is 0 Å². The summed E-state index contributed by atoms with van der Waals surface area (Å²) in [4.78, 5) is 0. The number of hydrogen-bond donors (Lipinski definition) is 4. The Hall–Kier alpha value is -0.440. The quantitative estimate of drug-likeness (QED) is 0.0662. The Labute approximate surface area is 250 Å². The van der Waals surface area contributed by atoms with E-state index >= 15 is 0 Å². The van der Waals surface area contributed by atoms with Gasteiger partial charge in [-0.05, 0) is 104 Å². The molecule has 4 nitrogen and oxygen atoms in total. The molecule has 0 fully saturated rings. The fourth-order valence-electron chi connectivity index (χ4n) is 2.91. The van der Waals surface area contributed by atoms with Crippen LogP contribution in [-0.2, 0) is 0 Å². The summed E-state index contributed by atoms with van der Waals surface area (Å²) in [6.07, 6.45) is 21.0. The van der Waals surface area contributed by atoms with Crippen LogP contribution in [0, 0.1) is 0 Å². The molecule has 0 atom stereocenters. The zero-order valence-corrected chi connectivity index (χ0v) is 28.6. The summed E-state index contributed by atoms with van der Waals surface area (Å²) in [5.74, 6) is 0. The molecule has 8 heteroatoms. The maximum absolute atomic E-state index is 3.39. The van der Waals surface area contributed by atoms with Gasteiger partial charge in [-0.15, -0.1) is 0 Å². The van der Waals surface area contributed by atoms with Crippen molar-refractivity contribution in [3.63, 3.8) is 0 Å². The molecule has 0 aliphatic heterocycles. The van der Waals surface area contributed by atoms with Crippen molar-refractivity contribution < 1.29 is 18.8 Å². The van der Waals surface area contributed by atoms with E-state index < -0.39 is 0 Å². The van der Waals surface area contributed by atoms with Gasteiger partial charge >= 0.3 is 0 Å². The van der Waals surface area contributed by atoms with E-state index in [1.54, 1.807) is 0 Å². The molecule has 0 amide bonds. The van der Waals surface area contributed by atoms with Gasteiger partial charge in [-0.2, -0.15) is 0 Å². The third-order valence-electron chi connectivity index (χ3n) is 5.66. The van der Waals surface area contributed by atoms with Gasteiger partial charge in [-0.25, -0.2) is 0 Å². The van der Waals surface area contributed by atoms with Crippen molar-refractivity contribution in [3.8, 4) is 0 Å². The summed E-state index contributed by atoms with van der Waals surface area (Å²) in [6, 6.07) is 0. The average Bonchev–Trinajstić information content (AvgIpc) is 2.90. The molecule has 0 radical (unpaired) electrons. The standard InChI is InChI=1S/4C8H19N.4FH/c4*1-3-5-7-9-8-6-4-2;;;;/h4*9H,3-8H2,1-2H3;4*1H. The summed E-state index contributed by atoms with van der Waals surface area (Å²) in [5.41, 5.74) is 0. The van der Waals surface area contributed by atoms with Crippen LogP contribution in [0.5, 0.6) is 0 Å². The smallest absolute Gasteiger partial charge is 0.00490 e. The number of halogens is 4. The molecule has 0 heterocycles. The second-order valence-electron chi connectivity index (χ2n) is 9.83. The van der Waals surface area contributed by atoms with Crippen LogP contribution in [0.2, 0.25) is 0 Å². The van der Waals surface area contributed by atoms with E-state index in [9.17, 15) is 0 Å². The first-order valence-corrected chi connectivity index (χ1v) is 16.5. The molecule has 0 rings (SSSR count). The maximum atomic E-state index is 3.39. The Bertz CT molecular complexity index is 226. The molecule has 0 spiro atoms. The Morgan fingerprint density at radius 1 is 0.225 bits per heavy atom. The zero-order chi connectivity index (χ0) is 27.8. The van der Waals surface area contributed by atoms with Crippen LogP contribution in [0.25, 0.3) is 0 Å². The van der Waals surface area contributed by atoms with Gasteiger partial charge in [-0.3, -0.25) is 18.8 Å². The molecular weight excluding hydrogens is 516 g/mol. The Kier molecular flexibility index (Phi) is 106. The Morgan fingerprint density at radius 3 is 0.400 bits per heavy atom. The molecule has 0 unspecified atom stereocenters. The summed E-state index contributed by atoms with van der Waals surface area (Å²) < 4.78 is 0. The molecule has 0 aromatic carbocycles.